The van der Waals surface area contributed by atoms with Crippen LogP contribution >= 0.6 is 45.5 Å². The van der Waals surface area contributed by atoms with Gasteiger partial charge in [-0.2, -0.15) is 5.10 Å². The van der Waals surface area contributed by atoms with Crippen LogP contribution in [0.1, 0.15) is 29.9 Å². The summed E-state index contributed by atoms with van der Waals surface area (Å²) in [5.74, 6) is 0. The molecule has 6 heteroatoms. The molecule has 104 valence electrons. The minimum atomic E-state index is 0.277. The second-order valence-electron chi connectivity index (χ2n) is 4.39. The summed E-state index contributed by atoms with van der Waals surface area (Å²) >= 11 is 10.5. The van der Waals surface area contributed by atoms with E-state index in [0.717, 1.165) is 29.4 Å². The van der Waals surface area contributed by atoms with E-state index < -0.39 is 0 Å². The molecule has 0 aromatic carbocycles. The van der Waals surface area contributed by atoms with Crippen molar-refractivity contribution in [3.05, 3.63) is 36.3 Å². The number of nitrogens with one attached hydrogen (secondary N) is 1. The second kappa shape index (κ2) is 6.56. The van der Waals surface area contributed by atoms with Crippen LogP contribution in [-0.2, 0) is 13.0 Å². The summed E-state index contributed by atoms with van der Waals surface area (Å²) in [7, 11) is 1.99. The highest BCUT2D eigenvalue weighted by Gasteiger charge is 2.19. The van der Waals surface area contributed by atoms with Crippen molar-refractivity contribution >= 4 is 45.5 Å². The summed E-state index contributed by atoms with van der Waals surface area (Å²) in [4.78, 5) is 0. The first-order valence-corrected chi connectivity index (χ1v) is 8.53. The average Bonchev–Trinajstić information content (AvgIpc) is 2.93. The van der Waals surface area contributed by atoms with Crippen LogP contribution in [0.15, 0.2) is 11.4 Å². The van der Waals surface area contributed by atoms with E-state index in [1.54, 1.807) is 11.3 Å². The molecule has 2 aromatic rings. The van der Waals surface area contributed by atoms with Gasteiger partial charge in [-0.1, -0.05) is 11.6 Å². The van der Waals surface area contributed by atoms with Crippen molar-refractivity contribution in [2.45, 2.75) is 32.9 Å². The van der Waals surface area contributed by atoms with Gasteiger partial charge in [0.05, 0.1) is 19.3 Å². The van der Waals surface area contributed by atoms with E-state index in [-0.39, 0.29) is 6.04 Å². The Morgan fingerprint density at radius 2 is 2.32 bits per heavy atom. The fraction of sp³-hybridized carbons (Fsp3) is 0.462. The van der Waals surface area contributed by atoms with Gasteiger partial charge in [-0.25, -0.2) is 0 Å². The van der Waals surface area contributed by atoms with Gasteiger partial charge in [-0.05, 0) is 60.5 Å². The molecule has 0 aliphatic heterocycles. The van der Waals surface area contributed by atoms with E-state index >= 15 is 0 Å². The molecular formula is C13H17ClIN3S. The van der Waals surface area contributed by atoms with Crippen molar-refractivity contribution in [2.24, 2.45) is 0 Å². The van der Waals surface area contributed by atoms with Crippen LogP contribution < -0.4 is 5.32 Å². The molecule has 0 fully saturated rings. The van der Waals surface area contributed by atoms with Gasteiger partial charge in [-0.15, -0.1) is 11.3 Å². The number of hydrogen-bond donors (Lipinski definition) is 1. The van der Waals surface area contributed by atoms with Gasteiger partial charge >= 0.3 is 0 Å². The smallest absolute Gasteiger partial charge is 0.0847 e. The van der Waals surface area contributed by atoms with Gasteiger partial charge in [0, 0.05) is 19.0 Å². The lowest BCUT2D eigenvalue weighted by Gasteiger charge is -2.16. The topological polar surface area (TPSA) is 29.9 Å². The third-order valence-electron chi connectivity index (χ3n) is 3.19. The minimum absolute atomic E-state index is 0.277. The fourth-order valence-electron chi connectivity index (χ4n) is 2.15. The molecule has 1 N–H and O–H groups in total. The van der Waals surface area contributed by atoms with E-state index in [1.807, 2.05) is 18.7 Å². The maximum Gasteiger partial charge on any atom is 0.0847 e. The standard InChI is InChI=1S/C13H17ClIN3S/c1-4-18-11(13(14)8(2)17-18)6-10(16-3)9-5-12(15)19-7-9/h5,7,10,16H,4,6H2,1-3H3. The predicted molar refractivity (Wildman–Crippen MR) is 90.2 cm³/mol. The molecule has 1 unspecified atom stereocenters. The molecule has 2 heterocycles. The Morgan fingerprint density at radius 1 is 1.58 bits per heavy atom. The number of nitrogens with zero attached hydrogens (tertiary/aromatic N) is 2. The first kappa shape index (κ1) is 15.3. The second-order valence-corrected chi connectivity index (χ2v) is 7.57. The van der Waals surface area contributed by atoms with Crippen molar-refractivity contribution in [2.75, 3.05) is 7.05 Å². The Labute approximate surface area is 136 Å². The number of hydrogen-bond acceptors (Lipinski definition) is 3. The van der Waals surface area contributed by atoms with Crippen LogP contribution in [0.3, 0.4) is 0 Å². The van der Waals surface area contributed by atoms with E-state index in [0.29, 0.717) is 0 Å². The summed E-state index contributed by atoms with van der Waals surface area (Å²) in [5.41, 5.74) is 3.34. The molecule has 0 amide bonds. The quantitative estimate of drug-likeness (QED) is 0.756. The van der Waals surface area contributed by atoms with Gasteiger partial charge in [0.2, 0.25) is 0 Å². The molecule has 1 atom stereocenters. The third kappa shape index (κ3) is 3.32. The van der Waals surface area contributed by atoms with Gasteiger partial charge < -0.3 is 5.32 Å². The molecule has 0 radical (unpaired) electrons. The lowest BCUT2D eigenvalue weighted by molar-refractivity contribution is 0.542. The number of likely N-dealkylation sites (N-methyl/N-ethyl adjacent to an activating group) is 1. The number of thiophene rings is 1. The maximum absolute atomic E-state index is 6.38. The van der Waals surface area contributed by atoms with E-state index in [1.165, 1.54) is 8.45 Å². The van der Waals surface area contributed by atoms with Crippen LogP contribution in [-0.4, -0.2) is 16.8 Å². The van der Waals surface area contributed by atoms with Crippen molar-refractivity contribution in [3.8, 4) is 0 Å². The number of rotatable bonds is 5. The molecule has 0 aliphatic carbocycles. The van der Waals surface area contributed by atoms with Gasteiger partial charge in [0.25, 0.3) is 0 Å². The van der Waals surface area contributed by atoms with Crippen molar-refractivity contribution in [1.82, 2.24) is 15.1 Å². The molecule has 0 spiro atoms. The Kier molecular flexibility index (Phi) is 5.28. The zero-order valence-corrected chi connectivity index (χ0v) is 14.9. The first-order chi connectivity index (χ1) is 9.06. The molecule has 0 bridgehead atoms. The van der Waals surface area contributed by atoms with E-state index in [4.69, 9.17) is 11.6 Å². The highest BCUT2D eigenvalue weighted by Crippen LogP contribution is 2.28. The van der Waals surface area contributed by atoms with Crippen LogP contribution in [0.5, 0.6) is 0 Å². The molecule has 0 aliphatic rings. The first-order valence-electron chi connectivity index (χ1n) is 6.19. The SMILES string of the molecule is CCn1nc(C)c(Cl)c1CC(NC)c1csc(I)c1. The van der Waals surface area contributed by atoms with Crippen LogP contribution in [0.2, 0.25) is 5.02 Å². The third-order valence-corrected chi connectivity index (χ3v) is 5.49. The summed E-state index contributed by atoms with van der Waals surface area (Å²) in [6.07, 6.45) is 0.858. The number of aryl methyl sites for hydroxylation is 2. The Bertz CT molecular complexity index is 564. The van der Waals surface area contributed by atoms with Crippen molar-refractivity contribution in [1.29, 1.82) is 0 Å². The number of aromatic nitrogens is 2. The van der Waals surface area contributed by atoms with E-state index in [2.05, 4.69) is 51.4 Å². The van der Waals surface area contributed by atoms with Gasteiger partial charge in [0.1, 0.15) is 0 Å². The molecule has 0 saturated heterocycles. The maximum atomic E-state index is 6.38. The molecule has 19 heavy (non-hydrogen) atoms. The summed E-state index contributed by atoms with van der Waals surface area (Å²) < 4.78 is 3.30. The van der Waals surface area contributed by atoms with Crippen LogP contribution in [0.4, 0.5) is 0 Å². The van der Waals surface area contributed by atoms with E-state index in [9.17, 15) is 0 Å². The lowest BCUT2D eigenvalue weighted by atomic mass is 10.1. The Balaban J connectivity index is 2.28. The monoisotopic (exact) mass is 409 g/mol. The highest BCUT2D eigenvalue weighted by atomic mass is 127. The number of halogens is 2. The highest BCUT2D eigenvalue weighted by molar-refractivity contribution is 14.1. The zero-order chi connectivity index (χ0) is 14.0. The molecule has 2 rings (SSSR count). The Morgan fingerprint density at radius 3 is 2.84 bits per heavy atom. The van der Waals surface area contributed by atoms with Gasteiger partial charge in [-0.3, -0.25) is 4.68 Å². The van der Waals surface area contributed by atoms with Crippen molar-refractivity contribution in [3.63, 3.8) is 0 Å². The lowest BCUT2D eigenvalue weighted by Crippen LogP contribution is -2.20. The molecular weight excluding hydrogens is 393 g/mol. The molecule has 2 aromatic heterocycles. The largest absolute Gasteiger partial charge is 0.313 e. The van der Waals surface area contributed by atoms with Crippen LogP contribution in [0.25, 0.3) is 0 Å². The normalized spacial score (nSPS) is 12.9. The fourth-order valence-corrected chi connectivity index (χ4v) is 3.79. The summed E-state index contributed by atoms with van der Waals surface area (Å²) in [5, 5.41) is 10.8. The van der Waals surface area contributed by atoms with Crippen LogP contribution in [0, 0.1) is 9.81 Å². The van der Waals surface area contributed by atoms with Crippen molar-refractivity contribution < 1.29 is 0 Å². The van der Waals surface area contributed by atoms with Gasteiger partial charge in [0.15, 0.2) is 0 Å². The minimum Gasteiger partial charge on any atom is -0.313 e. The summed E-state index contributed by atoms with van der Waals surface area (Å²) in [6.45, 7) is 4.90. The zero-order valence-electron chi connectivity index (χ0n) is 11.2. The Hall–Kier alpha value is -0.110. The summed E-state index contributed by atoms with van der Waals surface area (Å²) in [6, 6.07) is 2.50. The average molecular weight is 410 g/mol. The molecule has 3 nitrogen and oxygen atoms in total. The molecule has 0 saturated carbocycles. The predicted octanol–water partition coefficient (Wildman–Crippen LogP) is 4.03.